The molecule has 1 aliphatic rings. The van der Waals surface area contributed by atoms with E-state index in [4.69, 9.17) is 5.73 Å². The molecule has 0 spiro atoms. The van der Waals surface area contributed by atoms with Crippen molar-refractivity contribution in [3.8, 4) is 0 Å². The molecule has 0 aliphatic carbocycles. The molecule has 1 aliphatic heterocycles. The number of hydrogen-bond acceptors (Lipinski definition) is 4. The van der Waals surface area contributed by atoms with Gasteiger partial charge in [-0.25, -0.2) is 12.7 Å². The van der Waals surface area contributed by atoms with Crippen molar-refractivity contribution in [3.63, 3.8) is 0 Å². The predicted octanol–water partition coefficient (Wildman–Crippen LogP) is -0.714. The van der Waals surface area contributed by atoms with Crippen molar-refractivity contribution in [2.24, 2.45) is 5.73 Å². The standard InChI is InChI=1S/C7H14N2O3S/c1-7(2,5-8)9-6(10)3-4-13(9,11)12/h3-5,8H2,1-2H3. The van der Waals surface area contributed by atoms with Gasteiger partial charge in [0.15, 0.2) is 0 Å². The van der Waals surface area contributed by atoms with Gasteiger partial charge in [0.25, 0.3) is 0 Å². The number of carbonyl (C=O) groups is 1. The molecule has 0 saturated carbocycles. The van der Waals surface area contributed by atoms with Crippen LogP contribution in [0.3, 0.4) is 0 Å². The van der Waals surface area contributed by atoms with Crippen molar-refractivity contribution < 1.29 is 13.2 Å². The zero-order chi connectivity index (χ0) is 10.3. The largest absolute Gasteiger partial charge is 0.328 e. The summed E-state index contributed by atoms with van der Waals surface area (Å²) in [7, 11) is -3.40. The Kier molecular flexibility index (Phi) is 2.38. The van der Waals surface area contributed by atoms with Crippen LogP contribution in [0, 0.1) is 0 Å². The summed E-state index contributed by atoms with van der Waals surface area (Å²) in [5.74, 6) is -0.439. The molecule has 1 heterocycles. The number of rotatable bonds is 2. The van der Waals surface area contributed by atoms with Crippen molar-refractivity contribution in [3.05, 3.63) is 0 Å². The van der Waals surface area contributed by atoms with Crippen LogP contribution in [-0.2, 0) is 14.8 Å². The van der Waals surface area contributed by atoms with E-state index in [2.05, 4.69) is 0 Å². The van der Waals surface area contributed by atoms with Crippen LogP contribution in [0.4, 0.5) is 0 Å². The Morgan fingerprint density at radius 1 is 1.54 bits per heavy atom. The third-order valence-corrected chi connectivity index (χ3v) is 4.10. The van der Waals surface area contributed by atoms with Crippen LogP contribution < -0.4 is 5.73 Å². The smallest absolute Gasteiger partial charge is 0.238 e. The lowest BCUT2D eigenvalue weighted by atomic mass is 10.1. The number of hydrogen-bond donors (Lipinski definition) is 1. The average molecular weight is 206 g/mol. The Bertz CT molecular complexity index is 321. The van der Waals surface area contributed by atoms with Gasteiger partial charge in [-0.2, -0.15) is 0 Å². The molecule has 1 rings (SSSR count). The highest BCUT2D eigenvalue weighted by atomic mass is 32.2. The third kappa shape index (κ3) is 1.68. The van der Waals surface area contributed by atoms with Gasteiger partial charge in [-0.3, -0.25) is 4.79 Å². The summed E-state index contributed by atoms with van der Waals surface area (Å²) in [5, 5.41) is 0. The van der Waals surface area contributed by atoms with Gasteiger partial charge in [0, 0.05) is 13.0 Å². The first-order valence-electron chi connectivity index (χ1n) is 4.07. The lowest BCUT2D eigenvalue weighted by molar-refractivity contribution is -0.128. The van der Waals surface area contributed by atoms with Crippen molar-refractivity contribution in [2.45, 2.75) is 25.8 Å². The highest BCUT2D eigenvalue weighted by molar-refractivity contribution is 7.90. The van der Waals surface area contributed by atoms with E-state index in [1.165, 1.54) is 0 Å². The minimum atomic E-state index is -3.40. The van der Waals surface area contributed by atoms with Crippen molar-refractivity contribution in [2.75, 3.05) is 12.3 Å². The monoisotopic (exact) mass is 206 g/mol. The minimum Gasteiger partial charge on any atom is -0.328 e. The first-order valence-corrected chi connectivity index (χ1v) is 5.68. The lowest BCUT2D eigenvalue weighted by Crippen LogP contribution is -2.51. The van der Waals surface area contributed by atoms with E-state index in [9.17, 15) is 13.2 Å². The summed E-state index contributed by atoms with van der Waals surface area (Å²) in [6, 6.07) is 0. The highest BCUT2D eigenvalue weighted by Gasteiger charge is 2.43. The van der Waals surface area contributed by atoms with Crippen molar-refractivity contribution in [1.29, 1.82) is 0 Å². The summed E-state index contributed by atoms with van der Waals surface area (Å²) < 4.78 is 23.8. The first kappa shape index (κ1) is 10.5. The fourth-order valence-electron chi connectivity index (χ4n) is 1.36. The van der Waals surface area contributed by atoms with Crippen LogP contribution in [-0.4, -0.2) is 36.5 Å². The Hall–Kier alpha value is -0.620. The van der Waals surface area contributed by atoms with Crippen LogP contribution in [0.1, 0.15) is 20.3 Å². The van der Waals surface area contributed by atoms with Crippen LogP contribution >= 0.6 is 0 Å². The van der Waals surface area contributed by atoms with Gasteiger partial charge in [0.05, 0.1) is 11.3 Å². The molecule has 76 valence electrons. The van der Waals surface area contributed by atoms with Gasteiger partial charge >= 0.3 is 0 Å². The van der Waals surface area contributed by atoms with Crippen LogP contribution in [0.5, 0.6) is 0 Å². The van der Waals surface area contributed by atoms with E-state index in [0.717, 1.165) is 4.31 Å². The molecule has 0 radical (unpaired) electrons. The summed E-state index contributed by atoms with van der Waals surface area (Å²) >= 11 is 0. The predicted molar refractivity (Wildman–Crippen MR) is 48.4 cm³/mol. The normalized spacial score (nSPS) is 22.4. The van der Waals surface area contributed by atoms with Crippen LogP contribution in [0.2, 0.25) is 0 Å². The molecule has 1 fully saturated rings. The molecule has 1 saturated heterocycles. The average Bonchev–Trinajstić information content (AvgIpc) is 2.26. The number of carbonyl (C=O) groups excluding carboxylic acids is 1. The molecule has 2 N–H and O–H groups in total. The van der Waals surface area contributed by atoms with E-state index in [-0.39, 0.29) is 24.6 Å². The van der Waals surface area contributed by atoms with E-state index >= 15 is 0 Å². The van der Waals surface area contributed by atoms with Gasteiger partial charge in [-0.15, -0.1) is 0 Å². The molecule has 13 heavy (non-hydrogen) atoms. The van der Waals surface area contributed by atoms with Gasteiger partial charge < -0.3 is 5.73 Å². The Balaban J connectivity index is 3.09. The first-order chi connectivity index (χ1) is 5.81. The second-order valence-corrected chi connectivity index (χ2v) is 5.68. The molecule has 0 unspecified atom stereocenters. The molecular formula is C7H14N2O3S. The van der Waals surface area contributed by atoms with E-state index in [0.29, 0.717) is 0 Å². The van der Waals surface area contributed by atoms with Gasteiger partial charge in [-0.05, 0) is 13.8 Å². The number of nitrogens with zero attached hydrogens (tertiary/aromatic N) is 1. The van der Waals surface area contributed by atoms with E-state index < -0.39 is 15.6 Å². The Morgan fingerprint density at radius 2 is 2.08 bits per heavy atom. The summed E-state index contributed by atoms with van der Waals surface area (Å²) in [6.07, 6.45) is 0.0752. The Labute approximate surface area is 77.9 Å². The van der Waals surface area contributed by atoms with Crippen LogP contribution in [0.25, 0.3) is 0 Å². The maximum atomic E-state index is 11.4. The molecular weight excluding hydrogens is 192 g/mol. The number of nitrogens with two attached hydrogens (primary N) is 1. The second-order valence-electron chi connectivity index (χ2n) is 3.74. The SMILES string of the molecule is CC(C)(CN)N1C(=O)CCS1(=O)=O. The Morgan fingerprint density at radius 3 is 2.38 bits per heavy atom. The van der Waals surface area contributed by atoms with Crippen molar-refractivity contribution >= 4 is 15.9 Å². The quantitative estimate of drug-likeness (QED) is 0.647. The van der Waals surface area contributed by atoms with E-state index in [1.54, 1.807) is 13.8 Å². The fraction of sp³-hybridized carbons (Fsp3) is 0.857. The summed E-state index contributed by atoms with van der Waals surface area (Å²) in [5.41, 5.74) is 4.61. The van der Waals surface area contributed by atoms with E-state index in [1.807, 2.05) is 0 Å². The maximum absolute atomic E-state index is 11.4. The topological polar surface area (TPSA) is 80.5 Å². The minimum absolute atomic E-state index is 0.0752. The third-order valence-electron chi connectivity index (χ3n) is 2.13. The number of amides is 1. The molecule has 6 heteroatoms. The summed E-state index contributed by atoms with van der Waals surface area (Å²) in [6.45, 7) is 3.43. The second kappa shape index (κ2) is 2.95. The van der Waals surface area contributed by atoms with Gasteiger partial charge in [0.2, 0.25) is 15.9 Å². The summed E-state index contributed by atoms with van der Waals surface area (Å²) in [4.78, 5) is 11.3. The van der Waals surface area contributed by atoms with Gasteiger partial charge in [-0.1, -0.05) is 0 Å². The molecule has 0 aromatic rings. The number of sulfonamides is 1. The molecule has 1 amide bonds. The molecule has 0 bridgehead atoms. The molecule has 0 aromatic heterocycles. The fourth-order valence-corrected chi connectivity index (χ4v) is 3.21. The molecule has 5 nitrogen and oxygen atoms in total. The highest BCUT2D eigenvalue weighted by Crippen LogP contribution is 2.25. The maximum Gasteiger partial charge on any atom is 0.238 e. The zero-order valence-corrected chi connectivity index (χ0v) is 8.60. The molecule has 0 aromatic carbocycles. The van der Waals surface area contributed by atoms with Crippen molar-refractivity contribution in [1.82, 2.24) is 4.31 Å². The van der Waals surface area contributed by atoms with Gasteiger partial charge in [0.1, 0.15) is 0 Å². The molecule has 0 atom stereocenters. The lowest BCUT2D eigenvalue weighted by Gasteiger charge is -2.32. The van der Waals surface area contributed by atoms with Crippen LogP contribution in [0.15, 0.2) is 0 Å². The zero-order valence-electron chi connectivity index (χ0n) is 7.78.